The van der Waals surface area contributed by atoms with Crippen molar-refractivity contribution in [2.75, 3.05) is 0 Å². The topological polar surface area (TPSA) is 24.4 Å². The van der Waals surface area contributed by atoms with Crippen molar-refractivity contribution in [2.24, 2.45) is 4.99 Å². The maximum atomic E-state index is 11.8. The Morgan fingerprint density at radius 1 is 1.88 bits per heavy atom. The molecule has 0 saturated heterocycles. The minimum absolute atomic E-state index is 1.14. The molecule has 3 heteroatoms. The summed E-state index contributed by atoms with van der Waals surface area (Å²) in [4.78, 5) is 3.34. The normalized spacial score (nSPS) is 13.8. The van der Waals surface area contributed by atoms with Gasteiger partial charge in [-0.05, 0) is 13.1 Å². The van der Waals surface area contributed by atoms with Crippen molar-refractivity contribution in [3.8, 4) is 0 Å². The quantitative estimate of drug-likeness (QED) is 0.333. The van der Waals surface area contributed by atoms with Gasteiger partial charge in [-0.15, -0.1) is 0 Å². The molecule has 0 heterocycles. The van der Waals surface area contributed by atoms with E-state index in [4.69, 9.17) is 0 Å². The summed E-state index contributed by atoms with van der Waals surface area (Å²) in [5, 5.41) is 2.51. The Morgan fingerprint density at radius 2 is 2.50 bits per heavy atom. The highest BCUT2D eigenvalue weighted by Gasteiger charge is 1.84. The van der Waals surface area contributed by atoms with Gasteiger partial charge in [-0.1, -0.05) is 6.58 Å². The van der Waals surface area contributed by atoms with Gasteiger partial charge in [0.15, 0.2) is 6.30 Å². The van der Waals surface area contributed by atoms with Crippen LogP contribution in [0.5, 0.6) is 0 Å². The number of rotatable bonds is 3. The third-order valence-electron chi connectivity index (χ3n) is 0.472. The Hall–Kier alpha value is -0.860. The summed E-state index contributed by atoms with van der Waals surface area (Å²) in [6, 6.07) is 0. The monoisotopic (exact) mass is 116 g/mol. The molecule has 1 atom stereocenters. The molecule has 2 nitrogen and oxygen atoms in total. The van der Waals surface area contributed by atoms with Crippen LogP contribution in [0.1, 0.15) is 6.92 Å². The van der Waals surface area contributed by atoms with Gasteiger partial charge in [-0.3, -0.25) is 0 Å². The van der Waals surface area contributed by atoms with Crippen molar-refractivity contribution in [1.29, 1.82) is 0 Å². The van der Waals surface area contributed by atoms with Gasteiger partial charge < -0.3 is 5.32 Å². The second-order valence-corrected chi connectivity index (χ2v) is 1.22. The zero-order valence-corrected chi connectivity index (χ0v) is 4.76. The third kappa shape index (κ3) is 5.14. The van der Waals surface area contributed by atoms with Gasteiger partial charge in [-0.2, -0.15) is 0 Å². The lowest BCUT2D eigenvalue weighted by molar-refractivity contribution is 0.377. The van der Waals surface area contributed by atoms with E-state index in [1.165, 1.54) is 19.5 Å². The average Bonchev–Trinajstić information content (AvgIpc) is 1.66. The first-order valence-corrected chi connectivity index (χ1v) is 2.30. The van der Waals surface area contributed by atoms with Gasteiger partial charge in [-0.25, -0.2) is 9.38 Å². The first kappa shape index (κ1) is 7.14. The summed E-state index contributed by atoms with van der Waals surface area (Å²) in [7, 11) is 0. The van der Waals surface area contributed by atoms with E-state index in [0.717, 1.165) is 0 Å². The molecule has 0 aliphatic rings. The van der Waals surface area contributed by atoms with E-state index >= 15 is 0 Å². The summed E-state index contributed by atoms with van der Waals surface area (Å²) >= 11 is 0. The number of hydrogen-bond acceptors (Lipinski definition) is 1. The Kier molecular flexibility index (Phi) is 3.84. The largest absolute Gasteiger partial charge is 0.354 e. The van der Waals surface area contributed by atoms with Crippen LogP contribution in [0, 0.1) is 0 Å². The summed E-state index contributed by atoms with van der Waals surface area (Å²) in [5.74, 6) is 0. The van der Waals surface area contributed by atoms with Crippen molar-refractivity contribution in [3.63, 3.8) is 0 Å². The molecular weight excluding hydrogens is 107 g/mol. The lowest BCUT2D eigenvalue weighted by atomic mass is 10.7. The van der Waals surface area contributed by atoms with Crippen LogP contribution < -0.4 is 5.32 Å². The first-order chi connectivity index (χ1) is 3.77. The van der Waals surface area contributed by atoms with Crippen LogP contribution in [-0.4, -0.2) is 12.6 Å². The van der Waals surface area contributed by atoms with Gasteiger partial charge in [0.2, 0.25) is 0 Å². The van der Waals surface area contributed by atoms with E-state index in [9.17, 15) is 4.39 Å². The summed E-state index contributed by atoms with van der Waals surface area (Å²) in [6.07, 6.45) is 1.55. The molecule has 0 saturated carbocycles. The fourth-order valence-electron chi connectivity index (χ4n) is 0.198. The van der Waals surface area contributed by atoms with Gasteiger partial charge >= 0.3 is 0 Å². The smallest absolute Gasteiger partial charge is 0.188 e. The summed E-state index contributed by atoms with van der Waals surface area (Å²) in [5.41, 5.74) is 0. The molecule has 0 aromatic carbocycles. The summed E-state index contributed by atoms with van der Waals surface area (Å²) < 4.78 is 11.8. The Bertz CT molecular complexity index is 88.4. The molecule has 0 amide bonds. The predicted molar refractivity (Wildman–Crippen MR) is 32.4 cm³/mol. The number of nitrogens with zero attached hydrogens (tertiary/aromatic N) is 1. The molecule has 0 aliphatic heterocycles. The minimum Gasteiger partial charge on any atom is -0.354 e. The van der Waals surface area contributed by atoms with Crippen LogP contribution in [0.3, 0.4) is 0 Å². The van der Waals surface area contributed by atoms with E-state index in [-0.39, 0.29) is 0 Å². The van der Waals surface area contributed by atoms with E-state index in [0.29, 0.717) is 0 Å². The number of alkyl halides is 1. The van der Waals surface area contributed by atoms with E-state index < -0.39 is 6.30 Å². The molecule has 46 valence electrons. The zero-order chi connectivity index (χ0) is 6.41. The third-order valence-corrected chi connectivity index (χ3v) is 0.472. The van der Waals surface area contributed by atoms with Gasteiger partial charge in [0.05, 0.1) is 6.34 Å². The Labute approximate surface area is 48.1 Å². The fraction of sp³-hybridized carbons (Fsp3) is 0.400. The molecule has 0 rings (SSSR count). The van der Waals surface area contributed by atoms with Crippen LogP contribution in [0.4, 0.5) is 4.39 Å². The van der Waals surface area contributed by atoms with Gasteiger partial charge in [0.25, 0.3) is 0 Å². The fourth-order valence-corrected chi connectivity index (χ4v) is 0.198. The lowest BCUT2D eigenvalue weighted by Gasteiger charge is -1.88. The number of halogens is 1. The molecular formula is C5H9FN2. The van der Waals surface area contributed by atoms with Gasteiger partial charge in [0.1, 0.15) is 0 Å². The van der Waals surface area contributed by atoms with Crippen molar-refractivity contribution in [3.05, 3.63) is 12.8 Å². The highest BCUT2D eigenvalue weighted by Crippen LogP contribution is 1.84. The van der Waals surface area contributed by atoms with Crippen LogP contribution in [0.2, 0.25) is 0 Å². The number of aliphatic imine (C=N–C) groups is 1. The van der Waals surface area contributed by atoms with Crippen molar-refractivity contribution in [2.45, 2.75) is 13.2 Å². The second-order valence-electron chi connectivity index (χ2n) is 1.22. The number of hydrogen-bond donors (Lipinski definition) is 1. The average molecular weight is 116 g/mol. The predicted octanol–water partition coefficient (Wildman–Crippen LogP) is 1.06. The standard InChI is InChI=1S/C5H9FN2/c1-3-7-4-8-5(2)6/h3-5H,1H2,2H3,(H,7,8). The molecule has 0 radical (unpaired) electrons. The van der Waals surface area contributed by atoms with E-state index in [2.05, 4.69) is 16.9 Å². The molecule has 0 aromatic heterocycles. The van der Waals surface area contributed by atoms with Crippen LogP contribution in [-0.2, 0) is 0 Å². The Morgan fingerprint density at radius 3 is 2.88 bits per heavy atom. The van der Waals surface area contributed by atoms with Crippen molar-refractivity contribution >= 4 is 6.34 Å². The van der Waals surface area contributed by atoms with Crippen molar-refractivity contribution < 1.29 is 4.39 Å². The van der Waals surface area contributed by atoms with Crippen LogP contribution in [0.25, 0.3) is 0 Å². The zero-order valence-electron chi connectivity index (χ0n) is 4.76. The SMILES string of the molecule is C=CNC=NC(C)F. The second kappa shape index (κ2) is 4.30. The molecule has 0 spiro atoms. The molecule has 0 bridgehead atoms. The highest BCUT2D eigenvalue weighted by molar-refractivity contribution is 5.55. The van der Waals surface area contributed by atoms with Gasteiger partial charge in [0, 0.05) is 0 Å². The van der Waals surface area contributed by atoms with Crippen molar-refractivity contribution in [1.82, 2.24) is 5.32 Å². The Balaban J connectivity index is 3.19. The molecule has 8 heavy (non-hydrogen) atoms. The number of nitrogens with one attached hydrogen (secondary N) is 1. The van der Waals surface area contributed by atoms with Crippen LogP contribution >= 0.6 is 0 Å². The molecule has 0 aliphatic carbocycles. The lowest BCUT2D eigenvalue weighted by Crippen LogP contribution is -2.01. The molecule has 0 aromatic rings. The molecule has 0 fully saturated rings. The highest BCUT2D eigenvalue weighted by atomic mass is 19.1. The maximum absolute atomic E-state index is 11.8. The summed E-state index contributed by atoms with van der Waals surface area (Å²) in [6.45, 7) is 4.68. The maximum Gasteiger partial charge on any atom is 0.188 e. The van der Waals surface area contributed by atoms with E-state index in [1.807, 2.05) is 0 Å². The minimum atomic E-state index is -1.14. The van der Waals surface area contributed by atoms with Crippen LogP contribution in [0.15, 0.2) is 17.8 Å². The molecule has 1 unspecified atom stereocenters. The first-order valence-electron chi connectivity index (χ1n) is 2.30. The van der Waals surface area contributed by atoms with E-state index in [1.54, 1.807) is 0 Å². The molecule has 1 N–H and O–H groups in total.